The van der Waals surface area contributed by atoms with Gasteiger partial charge in [0, 0.05) is 6.92 Å². The molecule has 102 valence electrons. The number of rotatable bonds is 6. The maximum atomic E-state index is 12.0. The van der Waals surface area contributed by atoms with Crippen LogP contribution >= 0.6 is 0 Å². The molecule has 0 bridgehead atoms. The van der Waals surface area contributed by atoms with Crippen molar-refractivity contribution >= 4 is 17.8 Å². The summed E-state index contributed by atoms with van der Waals surface area (Å²) in [5.41, 5.74) is -0.793. The quantitative estimate of drug-likeness (QED) is 0.629. The summed E-state index contributed by atoms with van der Waals surface area (Å²) in [6.45, 7) is 2.58. The molecule has 4 nitrogen and oxygen atoms in total. The summed E-state index contributed by atoms with van der Waals surface area (Å²) in [6.07, 6.45) is 3.11. The first kappa shape index (κ1) is 15.1. The maximum absolute atomic E-state index is 12.0. The molecule has 0 saturated carbocycles. The van der Waals surface area contributed by atoms with Crippen LogP contribution in [-0.4, -0.2) is 29.1 Å². The molecule has 1 rings (SSSR count). The Hall–Kier alpha value is -1.94. The molecule has 4 heteroatoms. The van der Waals surface area contributed by atoms with Gasteiger partial charge in [0.2, 0.25) is 0 Å². The second-order valence-corrected chi connectivity index (χ2v) is 4.27. The lowest BCUT2D eigenvalue weighted by atomic mass is 9.95. The van der Waals surface area contributed by atoms with Crippen LogP contribution in [0.15, 0.2) is 36.4 Å². The van der Waals surface area contributed by atoms with E-state index in [4.69, 9.17) is 4.74 Å². The SMILES string of the molecule is CCC(O)(COC(C)=O)C(=O)/C=C/c1ccccc1. The van der Waals surface area contributed by atoms with Gasteiger partial charge in [0.05, 0.1) is 0 Å². The number of benzene rings is 1. The molecule has 1 aromatic carbocycles. The summed E-state index contributed by atoms with van der Waals surface area (Å²) in [4.78, 5) is 22.7. The first-order chi connectivity index (χ1) is 8.98. The number of ether oxygens (including phenoxy) is 1. The van der Waals surface area contributed by atoms with Crippen molar-refractivity contribution in [3.8, 4) is 0 Å². The monoisotopic (exact) mass is 262 g/mol. The minimum Gasteiger partial charge on any atom is -0.462 e. The van der Waals surface area contributed by atoms with E-state index in [1.165, 1.54) is 13.0 Å². The van der Waals surface area contributed by atoms with Crippen LogP contribution in [0, 0.1) is 0 Å². The van der Waals surface area contributed by atoms with Gasteiger partial charge in [-0.1, -0.05) is 43.3 Å². The third-order valence-electron chi connectivity index (χ3n) is 2.78. The van der Waals surface area contributed by atoms with Crippen molar-refractivity contribution in [1.82, 2.24) is 0 Å². The second-order valence-electron chi connectivity index (χ2n) is 4.27. The Morgan fingerprint density at radius 1 is 1.32 bits per heavy atom. The number of carbonyl (C=O) groups is 2. The minimum absolute atomic E-state index is 0.179. The fourth-order valence-corrected chi connectivity index (χ4v) is 1.46. The number of carbonyl (C=O) groups excluding carboxylic acids is 2. The lowest BCUT2D eigenvalue weighted by molar-refractivity contribution is -0.154. The van der Waals surface area contributed by atoms with E-state index >= 15 is 0 Å². The van der Waals surface area contributed by atoms with Crippen LogP contribution in [0.5, 0.6) is 0 Å². The van der Waals surface area contributed by atoms with Crippen LogP contribution in [0.25, 0.3) is 6.08 Å². The van der Waals surface area contributed by atoms with Crippen LogP contribution in [0.4, 0.5) is 0 Å². The standard InChI is InChI=1S/C15H18O4/c1-3-15(18,11-19-12(2)16)14(17)10-9-13-7-5-4-6-8-13/h4-10,18H,3,11H2,1-2H3/b10-9+. The Morgan fingerprint density at radius 3 is 2.47 bits per heavy atom. The molecule has 19 heavy (non-hydrogen) atoms. The number of esters is 1. The van der Waals surface area contributed by atoms with Gasteiger partial charge < -0.3 is 9.84 Å². The van der Waals surface area contributed by atoms with Gasteiger partial charge in [-0.2, -0.15) is 0 Å². The topological polar surface area (TPSA) is 63.6 Å². The van der Waals surface area contributed by atoms with Gasteiger partial charge in [-0.3, -0.25) is 9.59 Å². The van der Waals surface area contributed by atoms with E-state index in [1.807, 2.05) is 30.3 Å². The molecule has 0 saturated heterocycles. The average Bonchev–Trinajstić information content (AvgIpc) is 2.43. The van der Waals surface area contributed by atoms with E-state index in [0.717, 1.165) is 5.56 Å². The molecule has 0 radical (unpaired) electrons. The Labute approximate surface area is 112 Å². The number of ketones is 1. The molecule has 0 aliphatic heterocycles. The molecule has 0 aliphatic carbocycles. The third-order valence-corrected chi connectivity index (χ3v) is 2.78. The second kappa shape index (κ2) is 6.85. The first-order valence-corrected chi connectivity index (χ1v) is 6.11. The van der Waals surface area contributed by atoms with E-state index < -0.39 is 17.4 Å². The van der Waals surface area contributed by atoms with E-state index in [0.29, 0.717) is 0 Å². The summed E-state index contributed by atoms with van der Waals surface area (Å²) >= 11 is 0. The number of aliphatic hydroxyl groups is 1. The van der Waals surface area contributed by atoms with Crippen LogP contribution in [0.3, 0.4) is 0 Å². The zero-order valence-corrected chi connectivity index (χ0v) is 11.1. The maximum Gasteiger partial charge on any atom is 0.302 e. The summed E-state index contributed by atoms with van der Waals surface area (Å²) in [5.74, 6) is -0.994. The van der Waals surface area contributed by atoms with Gasteiger partial charge in [-0.25, -0.2) is 0 Å². The Kier molecular flexibility index (Phi) is 5.45. The zero-order valence-electron chi connectivity index (χ0n) is 11.1. The third kappa shape index (κ3) is 4.67. The molecule has 1 aromatic rings. The smallest absolute Gasteiger partial charge is 0.302 e. The van der Waals surface area contributed by atoms with E-state index in [9.17, 15) is 14.7 Å². The average molecular weight is 262 g/mol. The highest BCUT2D eigenvalue weighted by molar-refractivity contribution is 6.00. The largest absolute Gasteiger partial charge is 0.462 e. The van der Waals surface area contributed by atoms with Gasteiger partial charge in [0.15, 0.2) is 11.4 Å². The van der Waals surface area contributed by atoms with E-state index in [-0.39, 0.29) is 13.0 Å². The van der Waals surface area contributed by atoms with Crippen LogP contribution < -0.4 is 0 Å². The highest BCUT2D eigenvalue weighted by Gasteiger charge is 2.33. The van der Waals surface area contributed by atoms with E-state index in [1.54, 1.807) is 13.0 Å². The van der Waals surface area contributed by atoms with Crippen molar-refractivity contribution in [3.63, 3.8) is 0 Å². The van der Waals surface area contributed by atoms with Crippen LogP contribution in [0.2, 0.25) is 0 Å². The van der Waals surface area contributed by atoms with Crippen LogP contribution in [-0.2, 0) is 14.3 Å². The molecular formula is C15H18O4. The summed E-state index contributed by atoms with van der Waals surface area (Å²) < 4.78 is 4.73. The van der Waals surface area contributed by atoms with Gasteiger partial charge >= 0.3 is 5.97 Å². The summed E-state index contributed by atoms with van der Waals surface area (Å²) in [7, 11) is 0. The normalized spacial score (nSPS) is 14.1. The molecule has 1 atom stereocenters. The molecule has 0 aliphatic rings. The lowest BCUT2D eigenvalue weighted by Crippen LogP contribution is -2.42. The van der Waals surface area contributed by atoms with Gasteiger partial charge in [-0.05, 0) is 18.1 Å². The molecule has 0 amide bonds. The summed E-state index contributed by atoms with van der Waals surface area (Å²) in [6, 6.07) is 9.29. The molecule has 0 fully saturated rings. The highest BCUT2D eigenvalue weighted by Crippen LogP contribution is 2.14. The molecule has 1 N–H and O–H groups in total. The minimum atomic E-state index is -1.66. The van der Waals surface area contributed by atoms with Crippen molar-refractivity contribution < 1.29 is 19.4 Å². The Bertz CT molecular complexity index is 464. The molecule has 0 spiro atoms. The summed E-state index contributed by atoms with van der Waals surface area (Å²) in [5, 5.41) is 10.1. The van der Waals surface area contributed by atoms with Crippen molar-refractivity contribution in [2.24, 2.45) is 0 Å². The molecule has 1 unspecified atom stereocenters. The van der Waals surface area contributed by atoms with E-state index in [2.05, 4.69) is 0 Å². The fourth-order valence-electron chi connectivity index (χ4n) is 1.46. The lowest BCUT2D eigenvalue weighted by Gasteiger charge is -2.22. The van der Waals surface area contributed by atoms with Crippen molar-refractivity contribution in [2.75, 3.05) is 6.61 Å². The molecule has 0 heterocycles. The van der Waals surface area contributed by atoms with Crippen molar-refractivity contribution in [3.05, 3.63) is 42.0 Å². The zero-order chi connectivity index (χ0) is 14.3. The molecule has 0 aromatic heterocycles. The van der Waals surface area contributed by atoms with Gasteiger partial charge in [0.1, 0.15) is 6.61 Å². The first-order valence-electron chi connectivity index (χ1n) is 6.11. The predicted octanol–water partition coefficient (Wildman–Crippen LogP) is 1.97. The Balaban J connectivity index is 2.73. The number of hydrogen-bond acceptors (Lipinski definition) is 4. The van der Waals surface area contributed by atoms with Crippen molar-refractivity contribution in [1.29, 1.82) is 0 Å². The predicted molar refractivity (Wildman–Crippen MR) is 72.4 cm³/mol. The van der Waals surface area contributed by atoms with Gasteiger partial charge in [-0.15, -0.1) is 0 Å². The van der Waals surface area contributed by atoms with Crippen molar-refractivity contribution in [2.45, 2.75) is 25.9 Å². The number of hydrogen-bond donors (Lipinski definition) is 1. The highest BCUT2D eigenvalue weighted by atomic mass is 16.5. The van der Waals surface area contributed by atoms with Crippen LogP contribution in [0.1, 0.15) is 25.8 Å². The van der Waals surface area contributed by atoms with Gasteiger partial charge in [0.25, 0.3) is 0 Å². The Morgan fingerprint density at radius 2 is 1.95 bits per heavy atom. The molecular weight excluding hydrogens is 244 g/mol. The fraction of sp³-hybridized carbons (Fsp3) is 0.333.